The molecule has 1 aliphatic rings. The minimum atomic E-state index is -0.745. The highest BCUT2D eigenvalue weighted by Gasteiger charge is 2.33. The van der Waals surface area contributed by atoms with Crippen molar-refractivity contribution in [2.24, 2.45) is 11.8 Å². The molecule has 1 aliphatic carbocycles. The van der Waals surface area contributed by atoms with E-state index in [1.165, 1.54) is 5.56 Å². The zero-order valence-electron chi connectivity index (χ0n) is 14.1. The molecular formula is C20H28O4. The second kappa shape index (κ2) is 10.3. The summed E-state index contributed by atoms with van der Waals surface area (Å²) >= 11 is 0. The minimum Gasteiger partial charge on any atom is -0.481 e. The van der Waals surface area contributed by atoms with Crippen LogP contribution in [0.5, 0.6) is 0 Å². The number of benzene rings is 1. The molecule has 0 saturated heterocycles. The maximum Gasteiger partial charge on any atom is 0.303 e. The van der Waals surface area contributed by atoms with Gasteiger partial charge in [-0.15, -0.1) is 0 Å². The lowest BCUT2D eigenvalue weighted by atomic mass is 9.92. The van der Waals surface area contributed by atoms with Crippen molar-refractivity contribution < 1.29 is 19.7 Å². The summed E-state index contributed by atoms with van der Waals surface area (Å²) in [4.78, 5) is 10.5. The van der Waals surface area contributed by atoms with E-state index in [2.05, 4.69) is 18.2 Å². The molecule has 24 heavy (non-hydrogen) atoms. The van der Waals surface area contributed by atoms with Crippen LogP contribution in [0.2, 0.25) is 0 Å². The highest BCUT2D eigenvalue weighted by molar-refractivity contribution is 5.66. The number of carbonyl (C=O) groups is 1. The van der Waals surface area contributed by atoms with Crippen molar-refractivity contribution in [2.45, 2.75) is 51.2 Å². The number of hydrogen-bond donors (Lipinski definition) is 2. The van der Waals surface area contributed by atoms with Crippen molar-refractivity contribution >= 4 is 5.97 Å². The molecule has 0 heterocycles. The molecule has 0 amide bonds. The molecule has 0 spiro atoms. The first-order valence-electron chi connectivity index (χ1n) is 8.83. The van der Waals surface area contributed by atoms with Crippen LogP contribution in [0.15, 0.2) is 42.5 Å². The van der Waals surface area contributed by atoms with Crippen LogP contribution in [-0.2, 0) is 16.1 Å². The van der Waals surface area contributed by atoms with E-state index in [4.69, 9.17) is 9.84 Å². The van der Waals surface area contributed by atoms with Gasteiger partial charge in [0.05, 0.1) is 19.3 Å². The molecule has 2 rings (SSSR count). The van der Waals surface area contributed by atoms with Gasteiger partial charge >= 0.3 is 5.97 Å². The van der Waals surface area contributed by atoms with Crippen LogP contribution < -0.4 is 0 Å². The Morgan fingerprint density at radius 3 is 2.75 bits per heavy atom. The Balaban J connectivity index is 1.69. The van der Waals surface area contributed by atoms with Crippen molar-refractivity contribution in [2.75, 3.05) is 6.61 Å². The van der Waals surface area contributed by atoms with Crippen LogP contribution in [0.3, 0.4) is 0 Å². The largest absolute Gasteiger partial charge is 0.481 e. The summed E-state index contributed by atoms with van der Waals surface area (Å²) in [7, 11) is 0. The van der Waals surface area contributed by atoms with Crippen molar-refractivity contribution in [3.05, 3.63) is 48.0 Å². The summed E-state index contributed by atoms with van der Waals surface area (Å²) in [5.41, 5.74) is 1.17. The van der Waals surface area contributed by atoms with Gasteiger partial charge in [-0.25, -0.2) is 0 Å². The van der Waals surface area contributed by atoms with Gasteiger partial charge in [-0.3, -0.25) is 4.79 Å². The molecule has 1 aromatic rings. The maximum absolute atomic E-state index is 10.5. The molecule has 0 bridgehead atoms. The first-order valence-corrected chi connectivity index (χ1v) is 8.83. The molecule has 0 aliphatic heterocycles. The van der Waals surface area contributed by atoms with Crippen molar-refractivity contribution in [3.63, 3.8) is 0 Å². The average Bonchev–Trinajstić information content (AvgIpc) is 2.92. The third-order valence-corrected chi connectivity index (χ3v) is 4.71. The second-order valence-corrected chi connectivity index (χ2v) is 6.56. The molecule has 3 unspecified atom stereocenters. The van der Waals surface area contributed by atoms with Gasteiger partial charge in [0.25, 0.3) is 0 Å². The summed E-state index contributed by atoms with van der Waals surface area (Å²) in [6.07, 6.45) is 8.23. The Morgan fingerprint density at radius 2 is 2.00 bits per heavy atom. The van der Waals surface area contributed by atoms with Crippen LogP contribution in [-0.4, -0.2) is 28.9 Å². The summed E-state index contributed by atoms with van der Waals surface area (Å²) in [6, 6.07) is 10.1. The van der Waals surface area contributed by atoms with Gasteiger partial charge in [0.2, 0.25) is 0 Å². The fraction of sp³-hybridized carbons (Fsp3) is 0.550. The molecule has 0 aromatic heterocycles. The van der Waals surface area contributed by atoms with Gasteiger partial charge < -0.3 is 14.9 Å². The van der Waals surface area contributed by atoms with Gasteiger partial charge in [-0.1, -0.05) is 42.5 Å². The number of aliphatic hydroxyl groups excluding tert-OH is 1. The van der Waals surface area contributed by atoms with Crippen LogP contribution in [0.1, 0.15) is 44.1 Å². The maximum atomic E-state index is 10.5. The molecular weight excluding hydrogens is 304 g/mol. The van der Waals surface area contributed by atoms with E-state index in [-0.39, 0.29) is 18.4 Å². The Kier molecular flexibility index (Phi) is 7.99. The van der Waals surface area contributed by atoms with E-state index in [0.29, 0.717) is 25.6 Å². The zero-order chi connectivity index (χ0) is 17.2. The smallest absolute Gasteiger partial charge is 0.303 e. The third kappa shape index (κ3) is 6.46. The van der Waals surface area contributed by atoms with Gasteiger partial charge in [0, 0.05) is 6.42 Å². The van der Waals surface area contributed by atoms with E-state index >= 15 is 0 Å². The van der Waals surface area contributed by atoms with E-state index in [9.17, 15) is 9.90 Å². The summed E-state index contributed by atoms with van der Waals surface area (Å²) in [6.45, 7) is 1.30. The zero-order valence-corrected chi connectivity index (χ0v) is 14.1. The fourth-order valence-corrected chi connectivity index (χ4v) is 3.33. The fourth-order valence-electron chi connectivity index (χ4n) is 3.33. The number of allylic oxidation sites excluding steroid dienone is 2. The highest BCUT2D eigenvalue weighted by atomic mass is 16.5. The minimum absolute atomic E-state index is 0.215. The SMILES string of the molecule is O=C(O)CCC/C=C\CC1C(O)CCC1COCc1ccccc1. The Morgan fingerprint density at radius 1 is 1.21 bits per heavy atom. The van der Waals surface area contributed by atoms with E-state index in [1.54, 1.807) is 0 Å². The van der Waals surface area contributed by atoms with E-state index < -0.39 is 5.97 Å². The average molecular weight is 332 g/mol. The van der Waals surface area contributed by atoms with E-state index in [1.807, 2.05) is 24.3 Å². The van der Waals surface area contributed by atoms with Gasteiger partial charge in [-0.2, -0.15) is 0 Å². The number of ether oxygens (including phenoxy) is 1. The number of hydrogen-bond acceptors (Lipinski definition) is 3. The first-order chi connectivity index (χ1) is 11.7. The molecule has 132 valence electrons. The van der Waals surface area contributed by atoms with Gasteiger partial charge in [0.15, 0.2) is 0 Å². The molecule has 3 atom stereocenters. The van der Waals surface area contributed by atoms with Crippen molar-refractivity contribution in [1.82, 2.24) is 0 Å². The molecule has 1 aromatic carbocycles. The number of rotatable bonds is 10. The van der Waals surface area contributed by atoms with Gasteiger partial charge in [-0.05, 0) is 49.5 Å². The lowest BCUT2D eigenvalue weighted by molar-refractivity contribution is -0.137. The number of carboxylic acids is 1. The predicted molar refractivity (Wildman–Crippen MR) is 93.6 cm³/mol. The highest BCUT2D eigenvalue weighted by Crippen LogP contribution is 2.35. The number of aliphatic carboxylic acids is 1. The quantitative estimate of drug-likeness (QED) is 0.505. The molecule has 1 fully saturated rings. The van der Waals surface area contributed by atoms with Crippen LogP contribution in [0, 0.1) is 11.8 Å². The lowest BCUT2D eigenvalue weighted by Crippen LogP contribution is -2.22. The lowest BCUT2D eigenvalue weighted by Gasteiger charge is -2.20. The monoisotopic (exact) mass is 332 g/mol. The van der Waals surface area contributed by atoms with Crippen molar-refractivity contribution in [1.29, 1.82) is 0 Å². The Bertz CT molecular complexity index is 512. The Hall–Kier alpha value is -1.65. The van der Waals surface area contributed by atoms with Crippen molar-refractivity contribution in [3.8, 4) is 0 Å². The molecule has 1 saturated carbocycles. The number of aliphatic hydroxyl groups is 1. The molecule has 2 N–H and O–H groups in total. The third-order valence-electron chi connectivity index (χ3n) is 4.71. The van der Waals surface area contributed by atoms with Crippen LogP contribution in [0.25, 0.3) is 0 Å². The molecule has 0 radical (unpaired) electrons. The Labute approximate surface area is 144 Å². The van der Waals surface area contributed by atoms with Gasteiger partial charge in [0.1, 0.15) is 0 Å². The molecule has 4 nitrogen and oxygen atoms in total. The number of carboxylic acid groups (broad SMARTS) is 1. The van der Waals surface area contributed by atoms with E-state index in [0.717, 1.165) is 25.7 Å². The topological polar surface area (TPSA) is 66.8 Å². The predicted octanol–water partition coefficient (Wildman–Crippen LogP) is 3.79. The summed E-state index contributed by atoms with van der Waals surface area (Å²) in [5, 5.41) is 18.8. The first kappa shape index (κ1) is 18.7. The summed E-state index contributed by atoms with van der Waals surface area (Å²) in [5.74, 6) is -0.103. The molecule has 4 heteroatoms. The van der Waals surface area contributed by atoms with Crippen LogP contribution in [0.4, 0.5) is 0 Å². The second-order valence-electron chi connectivity index (χ2n) is 6.56. The summed E-state index contributed by atoms with van der Waals surface area (Å²) < 4.78 is 5.85. The normalized spacial score (nSPS) is 23.8. The van der Waals surface area contributed by atoms with Crippen LogP contribution >= 0.6 is 0 Å². The standard InChI is InChI=1S/C20H28O4/c21-19-13-12-17(15-24-14-16-8-4-3-5-9-16)18(19)10-6-1-2-7-11-20(22)23/h1,3-6,8-9,17-19,21H,2,7,10-15H2,(H,22,23)/b6-1-. The number of unbranched alkanes of at least 4 members (excludes halogenated alkanes) is 1.